The molecule has 30 heavy (non-hydrogen) atoms. The molecule has 1 fully saturated rings. The summed E-state index contributed by atoms with van der Waals surface area (Å²) >= 11 is 0. The molecular weight excluding hydrogens is 442 g/mol. The minimum Gasteiger partial charge on any atom is -0.378 e. The summed E-state index contributed by atoms with van der Waals surface area (Å²) in [5.41, 5.74) is -2.42. The molecule has 170 valence electrons. The number of nitrogens with one attached hydrogen (secondary N) is 1. The minimum absolute atomic E-state index is 0.0706. The van der Waals surface area contributed by atoms with Crippen LogP contribution in [0.3, 0.4) is 0 Å². The Balaban J connectivity index is 2.48. The number of aromatic nitrogens is 2. The van der Waals surface area contributed by atoms with Gasteiger partial charge in [-0.3, -0.25) is 28.0 Å². The summed E-state index contributed by atoms with van der Waals surface area (Å²) < 4.78 is 40.8. The largest absolute Gasteiger partial charge is 0.473 e. The number of methoxy groups -OCH3 is 1. The molecule has 0 amide bonds. The summed E-state index contributed by atoms with van der Waals surface area (Å²) in [7, 11) is -7.80. The summed E-state index contributed by atoms with van der Waals surface area (Å²) in [5.74, 6) is 0.0225. The molecule has 1 aliphatic carbocycles. The average molecular weight is 468 g/mol. The van der Waals surface area contributed by atoms with Crippen LogP contribution < -0.4 is 11.2 Å². The van der Waals surface area contributed by atoms with Gasteiger partial charge in [-0.05, 0) is 27.2 Å². The van der Waals surface area contributed by atoms with Gasteiger partial charge in [-0.2, -0.15) is 0 Å². The first kappa shape index (κ1) is 24.9. The molecule has 1 aliphatic rings. The van der Waals surface area contributed by atoms with Gasteiger partial charge in [0.1, 0.15) is 6.10 Å². The van der Waals surface area contributed by atoms with E-state index in [1.807, 2.05) is 0 Å². The van der Waals surface area contributed by atoms with Gasteiger partial charge in [0.2, 0.25) is 0 Å². The number of H-pyrrole nitrogens is 1. The number of nitrogens with zero attached hydrogens (tertiary/aromatic N) is 1. The first-order chi connectivity index (χ1) is 13.6. The first-order valence-corrected chi connectivity index (χ1v) is 12.1. The molecule has 2 unspecified atom stereocenters. The standard InChI is InChI=1S/C16H26N2O10P2/c1-16(2,3)28-30(24,25)27-14-11(18-7-5-12(19)17-15(18)20)9-10(13(14)26-4)6-8-29(21,22)23/h5-8,10-11,13-14H,9H2,1-4H3,(H,24,25)(H,17,19,20)(H2,21,22,23)/b8-6+/t10-,11?,13+,14-/m0/s1. The Morgan fingerprint density at radius 2 is 1.83 bits per heavy atom. The van der Waals surface area contributed by atoms with Gasteiger partial charge in [0.25, 0.3) is 5.56 Å². The summed E-state index contributed by atoms with van der Waals surface area (Å²) in [5, 5.41) is 0. The molecule has 12 nitrogen and oxygen atoms in total. The predicted molar refractivity (Wildman–Crippen MR) is 106 cm³/mol. The van der Waals surface area contributed by atoms with Crippen LogP contribution in [0.15, 0.2) is 33.7 Å². The Morgan fingerprint density at radius 1 is 1.20 bits per heavy atom. The zero-order valence-electron chi connectivity index (χ0n) is 16.9. The molecule has 0 aromatic carbocycles. The highest BCUT2D eigenvalue weighted by Crippen LogP contribution is 2.53. The molecule has 1 aromatic heterocycles. The fraction of sp³-hybridized carbons (Fsp3) is 0.625. The van der Waals surface area contributed by atoms with Gasteiger partial charge in [-0.1, -0.05) is 6.08 Å². The van der Waals surface area contributed by atoms with E-state index < -0.39 is 56.4 Å². The zero-order chi connectivity index (χ0) is 22.9. The molecule has 0 spiro atoms. The summed E-state index contributed by atoms with van der Waals surface area (Å²) in [6.07, 6.45) is 0.344. The van der Waals surface area contributed by atoms with Crippen molar-refractivity contribution >= 4 is 15.4 Å². The molecule has 4 N–H and O–H groups in total. The van der Waals surface area contributed by atoms with Crippen molar-refractivity contribution < 1.29 is 37.6 Å². The van der Waals surface area contributed by atoms with Crippen molar-refractivity contribution in [3.8, 4) is 0 Å². The van der Waals surface area contributed by atoms with Gasteiger partial charge in [0, 0.05) is 31.1 Å². The van der Waals surface area contributed by atoms with Crippen LogP contribution in [0.5, 0.6) is 0 Å². The van der Waals surface area contributed by atoms with Crippen LogP contribution in [0.25, 0.3) is 0 Å². The van der Waals surface area contributed by atoms with Crippen LogP contribution in [0.4, 0.5) is 0 Å². The lowest BCUT2D eigenvalue weighted by Gasteiger charge is -2.30. The molecular formula is C16H26N2O10P2. The van der Waals surface area contributed by atoms with Crippen LogP contribution in [0, 0.1) is 5.92 Å². The summed E-state index contributed by atoms with van der Waals surface area (Å²) in [6.45, 7) is 4.66. The topological polar surface area (TPSA) is 177 Å². The summed E-state index contributed by atoms with van der Waals surface area (Å²) in [6, 6.07) is 0.207. The Morgan fingerprint density at radius 3 is 2.33 bits per heavy atom. The Labute approximate surface area is 172 Å². The maximum Gasteiger partial charge on any atom is 0.473 e. The van der Waals surface area contributed by atoms with Crippen molar-refractivity contribution in [2.24, 2.45) is 5.92 Å². The van der Waals surface area contributed by atoms with Gasteiger partial charge < -0.3 is 19.4 Å². The highest BCUT2D eigenvalue weighted by Gasteiger charge is 2.49. The highest BCUT2D eigenvalue weighted by atomic mass is 31.2. The molecule has 1 saturated carbocycles. The number of ether oxygens (including phenoxy) is 1. The molecule has 0 radical (unpaired) electrons. The molecule has 1 aromatic rings. The van der Waals surface area contributed by atoms with Crippen molar-refractivity contribution in [1.82, 2.24) is 9.55 Å². The van der Waals surface area contributed by atoms with Crippen molar-refractivity contribution in [3.63, 3.8) is 0 Å². The van der Waals surface area contributed by atoms with Crippen molar-refractivity contribution in [1.29, 1.82) is 0 Å². The highest BCUT2D eigenvalue weighted by molar-refractivity contribution is 7.55. The summed E-state index contributed by atoms with van der Waals surface area (Å²) in [4.78, 5) is 54.2. The average Bonchev–Trinajstić information content (AvgIpc) is 2.86. The van der Waals surface area contributed by atoms with E-state index in [4.69, 9.17) is 23.6 Å². The normalized spacial score (nSPS) is 27.4. The van der Waals surface area contributed by atoms with Crippen LogP contribution in [0.2, 0.25) is 0 Å². The SMILES string of the molecule is CO[C@@H]1[C@@H](/C=C/P(=O)(O)O)CC(n2ccc(=O)[nH]c2=O)[C@@H]1OP(=O)(O)OC(C)(C)C. The number of phosphoric ester groups is 1. The second kappa shape index (κ2) is 9.02. The van der Waals surface area contributed by atoms with Crippen LogP contribution >= 0.6 is 15.4 Å². The van der Waals surface area contributed by atoms with E-state index in [2.05, 4.69) is 4.98 Å². The van der Waals surface area contributed by atoms with Gasteiger partial charge in [0.15, 0.2) is 0 Å². The van der Waals surface area contributed by atoms with Crippen molar-refractivity contribution in [2.45, 2.75) is 51.0 Å². The van der Waals surface area contributed by atoms with Crippen LogP contribution in [0.1, 0.15) is 33.2 Å². The smallest absolute Gasteiger partial charge is 0.378 e. The number of phosphoric acid groups is 1. The number of hydrogen-bond donors (Lipinski definition) is 4. The second-order valence-corrected chi connectivity index (χ2v) is 10.7. The lowest BCUT2D eigenvalue weighted by atomic mass is 10.1. The third-order valence-corrected chi connectivity index (χ3v) is 6.14. The molecule has 0 saturated heterocycles. The van der Waals surface area contributed by atoms with Gasteiger partial charge >= 0.3 is 21.1 Å². The Bertz CT molecular complexity index is 989. The molecule has 5 atom stereocenters. The zero-order valence-corrected chi connectivity index (χ0v) is 18.7. The number of hydrogen-bond acceptors (Lipinski definition) is 7. The maximum atomic E-state index is 12.6. The van der Waals surface area contributed by atoms with Gasteiger partial charge in [-0.25, -0.2) is 9.36 Å². The van der Waals surface area contributed by atoms with E-state index in [-0.39, 0.29) is 6.42 Å². The molecule has 0 bridgehead atoms. The van der Waals surface area contributed by atoms with Crippen molar-refractivity contribution in [2.75, 3.05) is 7.11 Å². The number of aromatic amines is 1. The fourth-order valence-electron chi connectivity index (χ4n) is 3.34. The third kappa shape index (κ3) is 6.83. The van der Waals surface area contributed by atoms with Gasteiger partial charge in [0.05, 0.1) is 17.7 Å². The monoisotopic (exact) mass is 468 g/mol. The molecule has 2 rings (SSSR count). The van der Waals surface area contributed by atoms with Crippen LogP contribution in [-0.2, 0) is 22.9 Å². The predicted octanol–water partition coefficient (Wildman–Crippen LogP) is 1.10. The third-order valence-electron chi connectivity index (χ3n) is 4.29. The second-order valence-electron chi connectivity index (χ2n) is 7.86. The maximum absolute atomic E-state index is 12.6. The number of rotatable bonds is 7. The Hall–Kier alpha value is -1.36. The quantitative estimate of drug-likeness (QED) is 0.424. The fourth-order valence-corrected chi connectivity index (χ4v) is 5.09. The van der Waals surface area contributed by atoms with E-state index >= 15 is 0 Å². The first-order valence-electron chi connectivity index (χ1n) is 8.93. The lowest BCUT2D eigenvalue weighted by molar-refractivity contribution is -0.0326. The van der Waals surface area contributed by atoms with E-state index in [0.29, 0.717) is 5.82 Å². The van der Waals surface area contributed by atoms with E-state index in [1.165, 1.54) is 19.4 Å². The Kier molecular flexibility index (Phi) is 7.49. The molecule has 14 heteroatoms. The molecule has 1 heterocycles. The van der Waals surface area contributed by atoms with E-state index in [0.717, 1.165) is 10.6 Å². The van der Waals surface area contributed by atoms with E-state index in [1.54, 1.807) is 20.8 Å². The van der Waals surface area contributed by atoms with Crippen LogP contribution in [-0.4, -0.2) is 49.2 Å². The van der Waals surface area contributed by atoms with E-state index in [9.17, 15) is 23.6 Å². The molecule has 0 aliphatic heterocycles. The minimum atomic E-state index is -4.62. The van der Waals surface area contributed by atoms with Crippen molar-refractivity contribution in [3.05, 3.63) is 45.0 Å². The lowest BCUT2D eigenvalue weighted by Crippen LogP contribution is -2.39. The van der Waals surface area contributed by atoms with Gasteiger partial charge in [-0.15, -0.1) is 0 Å².